The van der Waals surface area contributed by atoms with Crippen molar-refractivity contribution < 1.29 is 24.2 Å². The summed E-state index contributed by atoms with van der Waals surface area (Å²) in [5.41, 5.74) is 4.52. The molecule has 3 N–H and O–H groups in total. The fraction of sp³-hybridized carbons (Fsp3) is 0.375. The Hall–Kier alpha value is -3.35. The Labute approximate surface area is 180 Å². The lowest BCUT2D eigenvalue weighted by molar-refractivity contribution is -0.144. The molecule has 7 heteroatoms. The number of fused-ring (bicyclic) bond motifs is 3. The number of hydrogen-bond acceptors (Lipinski definition) is 4. The summed E-state index contributed by atoms with van der Waals surface area (Å²) in [4.78, 5) is 35.7. The van der Waals surface area contributed by atoms with Crippen LogP contribution in [0.1, 0.15) is 42.7 Å². The lowest BCUT2D eigenvalue weighted by Crippen LogP contribution is -2.48. The zero-order chi connectivity index (χ0) is 21.8. The second-order valence-electron chi connectivity index (χ2n) is 8.08. The molecule has 0 spiro atoms. The molecule has 2 aromatic rings. The Balaban J connectivity index is 1.29. The van der Waals surface area contributed by atoms with Crippen LogP contribution in [0.2, 0.25) is 0 Å². The second-order valence-corrected chi connectivity index (χ2v) is 8.08. The summed E-state index contributed by atoms with van der Waals surface area (Å²) in [6.07, 6.45) is 2.25. The van der Waals surface area contributed by atoms with E-state index in [1.807, 2.05) is 36.4 Å². The minimum absolute atomic E-state index is 0.0504. The van der Waals surface area contributed by atoms with Gasteiger partial charge in [-0.25, -0.2) is 4.79 Å². The van der Waals surface area contributed by atoms with Crippen LogP contribution in [0.4, 0.5) is 4.79 Å². The van der Waals surface area contributed by atoms with Gasteiger partial charge in [0.05, 0.1) is 5.92 Å². The molecule has 31 heavy (non-hydrogen) atoms. The average Bonchev–Trinajstić information content (AvgIpc) is 3.10. The van der Waals surface area contributed by atoms with E-state index < -0.39 is 29.9 Å². The summed E-state index contributed by atoms with van der Waals surface area (Å²) in [6.45, 7) is -0.0787. The number of carbonyl (C=O) groups is 3. The highest BCUT2D eigenvalue weighted by molar-refractivity contribution is 5.83. The number of carbonyl (C=O) groups excluding carboxylic acids is 2. The maximum atomic E-state index is 12.2. The SMILES string of the molecule is O=C(CNC(=O)OCC1c2ccccc2-c2ccccc21)NC1CCCCC1C(=O)O. The summed E-state index contributed by atoms with van der Waals surface area (Å²) in [7, 11) is 0. The van der Waals surface area contributed by atoms with Gasteiger partial charge in [-0.15, -0.1) is 0 Å². The first-order chi connectivity index (χ1) is 15.0. The Morgan fingerprint density at radius 3 is 2.19 bits per heavy atom. The van der Waals surface area contributed by atoms with E-state index in [0.29, 0.717) is 12.8 Å². The fourth-order valence-corrected chi connectivity index (χ4v) is 4.66. The van der Waals surface area contributed by atoms with E-state index in [9.17, 15) is 19.5 Å². The largest absolute Gasteiger partial charge is 0.481 e. The molecule has 2 aliphatic rings. The topological polar surface area (TPSA) is 105 Å². The predicted molar refractivity (Wildman–Crippen MR) is 115 cm³/mol. The van der Waals surface area contributed by atoms with Crippen LogP contribution in [0.3, 0.4) is 0 Å². The van der Waals surface area contributed by atoms with Crippen molar-refractivity contribution in [2.24, 2.45) is 5.92 Å². The summed E-state index contributed by atoms with van der Waals surface area (Å²) in [6, 6.07) is 15.7. The highest BCUT2D eigenvalue weighted by Gasteiger charge is 2.32. The Morgan fingerprint density at radius 1 is 0.935 bits per heavy atom. The molecule has 0 saturated heterocycles. The van der Waals surface area contributed by atoms with Crippen molar-refractivity contribution in [3.63, 3.8) is 0 Å². The summed E-state index contributed by atoms with van der Waals surface area (Å²) < 4.78 is 5.42. The number of ether oxygens (including phenoxy) is 1. The van der Waals surface area contributed by atoms with Crippen LogP contribution in [0.25, 0.3) is 11.1 Å². The number of alkyl carbamates (subject to hydrolysis) is 1. The number of nitrogens with one attached hydrogen (secondary N) is 2. The van der Waals surface area contributed by atoms with Crippen molar-refractivity contribution in [1.29, 1.82) is 0 Å². The first kappa shape index (κ1) is 20.9. The van der Waals surface area contributed by atoms with Crippen molar-refractivity contribution in [3.8, 4) is 11.1 Å². The van der Waals surface area contributed by atoms with E-state index in [1.165, 1.54) is 0 Å². The van der Waals surface area contributed by atoms with E-state index in [-0.39, 0.29) is 19.1 Å². The normalized spacial score (nSPS) is 19.7. The molecule has 162 valence electrons. The minimum Gasteiger partial charge on any atom is -0.481 e. The smallest absolute Gasteiger partial charge is 0.407 e. The Morgan fingerprint density at radius 2 is 1.55 bits per heavy atom. The number of carboxylic acids is 1. The molecule has 0 radical (unpaired) electrons. The molecular formula is C24H26N2O5. The van der Waals surface area contributed by atoms with Crippen LogP contribution in [0.15, 0.2) is 48.5 Å². The molecular weight excluding hydrogens is 396 g/mol. The van der Waals surface area contributed by atoms with Gasteiger partial charge in [0.1, 0.15) is 13.2 Å². The van der Waals surface area contributed by atoms with Crippen molar-refractivity contribution >= 4 is 18.0 Å². The summed E-state index contributed by atoms with van der Waals surface area (Å²) in [5, 5.41) is 14.5. The summed E-state index contributed by atoms with van der Waals surface area (Å²) >= 11 is 0. The first-order valence-corrected chi connectivity index (χ1v) is 10.7. The molecule has 2 unspecified atom stereocenters. The van der Waals surface area contributed by atoms with Crippen LogP contribution in [0.5, 0.6) is 0 Å². The molecule has 0 aromatic heterocycles. The van der Waals surface area contributed by atoms with E-state index >= 15 is 0 Å². The molecule has 4 rings (SSSR count). The molecule has 1 fully saturated rings. The van der Waals surface area contributed by atoms with Gasteiger partial charge in [0, 0.05) is 12.0 Å². The highest BCUT2D eigenvalue weighted by atomic mass is 16.5. The molecule has 0 bridgehead atoms. The van der Waals surface area contributed by atoms with E-state index in [2.05, 4.69) is 22.8 Å². The zero-order valence-electron chi connectivity index (χ0n) is 17.2. The molecule has 1 saturated carbocycles. The fourth-order valence-electron chi connectivity index (χ4n) is 4.66. The Bertz CT molecular complexity index is 944. The lowest BCUT2D eigenvalue weighted by atomic mass is 9.84. The maximum Gasteiger partial charge on any atom is 0.407 e. The third kappa shape index (κ3) is 4.55. The zero-order valence-corrected chi connectivity index (χ0v) is 17.2. The molecule has 2 aromatic carbocycles. The minimum atomic E-state index is -0.894. The highest BCUT2D eigenvalue weighted by Crippen LogP contribution is 2.44. The number of rotatable bonds is 6. The summed E-state index contributed by atoms with van der Waals surface area (Å²) in [5.74, 6) is -1.93. The third-order valence-electron chi connectivity index (χ3n) is 6.17. The quantitative estimate of drug-likeness (QED) is 0.663. The van der Waals surface area contributed by atoms with E-state index in [1.54, 1.807) is 0 Å². The predicted octanol–water partition coefficient (Wildman–Crippen LogP) is 3.28. The van der Waals surface area contributed by atoms with Crippen LogP contribution >= 0.6 is 0 Å². The number of amides is 2. The standard InChI is InChI=1S/C24H26N2O5/c27-22(26-21-12-6-5-11-19(21)23(28)29)13-25-24(30)31-14-20-17-9-3-1-7-15(17)16-8-2-4-10-18(16)20/h1-4,7-10,19-21H,5-6,11-14H2,(H,25,30)(H,26,27)(H,28,29). The molecule has 2 aliphatic carbocycles. The van der Waals surface area contributed by atoms with E-state index in [0.717, 1.165) is 35.1 Å². The van der Waals surface area contributed by atoms with Gasteiger partial charge in [-0.1, -0.05) is 61.4 Å². The van der Waals surface area contributed by atoms with Crippen LogP contribution in [0, 0.1) is 5.92 Å². The van der Waals surface area contributed by atoms with Gasteiger partial charge < -0.3 is 20.5 Å². The molecule has 2 amide bonds. The van der Waals surface area contributed by atoms with Crippen LogP contribution in [-0.4, -0.2) is 42.3 Å². The van der Waals surface area contributed by atoms with Gasteiger partial charge in [0.2, 0.25) is 5.91 Å². The van der Waals surface area contributed by atoms with Crippen molar-refractivity contribution in [3.05, 3.63) is 59.7 Å². The van der Waals surface area contributed by atoms with Gasteiger partial charge in [0.15, 0.2) is 0 Å². The molecule has 7 nitrogen and oxygen atoms in total. The van der Waals surface area contributed by atoms with Crippen molar-refractivity contribution in [1.82, 2.24) is 10.6 Å². The van der Waals surface area contributed by atoms with Gasteiger partial charge in [-0.2, -0.15) is 0 Å². The van der Waals surface area contributed by atoms with Crippen molar-refractivity contribution in [2.45, 2.75) is 37.6 Å². The second kappa shape index (κ2) is 9.20. The van der Waals surface area contributed by atoms with Gasteiger partial charge >= 0.3 is 12.1 Å². The monoisotopic (exact) mass is 422 g/mol. The number of hydrogen-bond donors (Lipinski definition) is 3. The number of benzene rings is 2. The maximum absolute atomic E-state index is 12.2. The lowest BCUT2D eigenvalue weighted by Gasteiger charge is -2.29. The van der Waals surface area contributed by atoms with Crippen molar-refractivity contribution in [2.75, 3.05) is 13.2 Å². The molecule has 0 heterocycles. The van der Waals surface area contributed by atoms with E-state index in [4.69, 9.17) is 4.74 Å². The van der Waals surface area contributed by atoms with Crippen LogP contribution < -0.4 is 10.6 Å². The third-order valence-corrected chi connectivity index (χ3v) is 6.17. The molecule has 2 atom stereocenters. The molecule has 0 aliphatic heterocycles. The Kier molecular flexibility index (Phi) is 6.21. The average molecular weight is 422 g/mol. The first-order valence-electron chi connectivity index (χ1n) is 10.7. The van der Waals surface area contributed by atoms with Gasteiger partial charge in [-0.3, -0.25) is 9.59 Å². The van der Waals surface area contributed by atoms with Crippen LogP contribution in [-0.2, 0) is 14.3 Å². The van der Waals surface area contributed by atoms with Gasteiger partial charge in [-0.05, 0) is 35.1 Å². The number of carboxylic acid groups (broad SMARTS) is 1. The van der Waals surface area contributed by atoms with Gasteiger partial charge in [0.25, 0.3) is 0 Å². The number of aliphatic carboxylic acids is 1.